The molecule has 0 radical (unpaired) electrons. The Morgan fingerprint density at radius 3 is 2.32 bits per heavy atom. The minimum atomic E-state index is -1.05. The second kappa shape index (κ2) is 6.42. The van der Waals surface area contributed by atoms with E-state index in [-0.39, 0.29) is 11.3 Å². The number of hydrogen-bond donors (Lipinski definition) is 4. The number of hydrogen-bond acceptors (Lipinski definition) is 4. The summed E-state index contributed by atoms with van der Waals surface area (Å²) >= 11 is -0.399. The molecule has 1 aromatic carbocycles. The Morgan fingerprint density at radius 2 is 1.95 bits per heavy atom. The maximum absolute atomic E-state index is 11.5. The van der Waals surface area contributed by atoms with Gasteiger partial charge in [0.2, 0.25) is 0 Å². The van der Waals surface area contributed by atoms with Crippen LogP contribution in [-0.2, 0) is 6.42 Å². The molecule has 0 heterocycles. The number of benzene rings is 1. The molecule has 1 unspecified atom stereocenters. The van der Waals surface area contributed by atoms with Gasteiger partial charge in [-0.25, -0.2) is 0 Å². The summed E-state index contributed by atoms with van der Waals surface area (Å²) in [6, 6.07) is 0. The molecule has 0 bridgehead atoms. The number of carboxylic acid groups (broad SMARTS) is 1. The third-order valence-electron chi connectivity index (χ3n) is 2.97. The van der Waals surface area contributed by atoms with Gasteiger partial charge in [0.15, 0.2) is 0 Å². The van der Waals surface area contributed by atoms with Crippen molar-refractivity contribution in [3.05, 3.63) is 20.3 Å². The monoisotopic (exact) mass is 379 g/mol. The fourth-order valence-electron chi connectivity index (χ4n) is 2.23. The third kappa shape index (κ3) is 2.94. The van der Waals surface area contributed by atoms with E-state index in [0.717, 1.165) is 15.6 Å². The Balaban J connectivity index is 3.77. The van der Waals surface area contributed by atoms with Crippen molar-refractivity contribution in [1.29, 1.82) is 0 Å². The molecule has 0 amide bonds. The van der Waals surface area contributed by atoms with Gasteiger partial charge in [0, 0.05) is 0 Å². The van der Waals surface area contributed by atoms with Crippen LogP contribution in [0.3, 0.4) is 0 Å². The molecule has 19 heavy (non-hydrogen) atoms. The summed E-state index contributed by atoms with van der Waals surface area (Å²) in [5, 5.41) is 19.2. The molecule has 1 aromatic rings. The summed E-state index contributed by atoms with van der Waals surface area (Å²) in [4.78, 5) is 13.5. The van der Waals surface area contributed by atoms with Gasteiger partial charge in [-0.05, 0) is 0 Å². The first-order valence-corrected chi connectivity index (χ1v) is 9.24. The fraction of sp³-hybridized carbons (Fsp3) is 0.462. The summed E-state index contributed by atoms with van der Waals surface area (Å²) in [6.45, 7) is 3.53. The van der Waals surface area contributed by atoms with Gasteiger partial charge in [-0.1, -0.05) is 0 Å². The van der Waals surface area contributed by atoms with Gasteiger partial charge in [-0.15, -0.1) is 0 Å². The van der Waals surface area contributed by atoms with Gasteiger partial charge in [0.1, 0.15) is 0 Å². The van der Waals surface area contributed by atoms with E-state index >= 15 is 0 Å². The Bertz CT molecular complexity index is 501. The maximum atomic E-state index is 11.5. The summed E-state index contributed by atoms with van der Waals surface area (Å²) in [7, 11) is 0. The molecule has 6 N–H and O–H groups in total. The quantitative estimate of drug-likeness (QED) is 0.281. The van der Waals surface area contributed by atoms with E-state index in [0.29, 0.717) is 17.7 Å². The number of rotatable bonds is 5. The van der Waals surface area contributed by atoms with Crippen molar-refractivity contribution in [2.24, 2.45) is 0 Å². The zero-order chi connectivity index (χ0) is 14.7. The van der Waals surface area contributed by atoms with Gasteiger partial charge in [0.05, 0.1) is 0 Å². The molecule has 0 aromatic heterocycles. The van der Waals surface area contributed by atoms with E-state index in [1.807, 2.05) is 11.9 Å². The number of aromatic carboxylic acids is 1. The summed E-state index contributed by atoms with van der Waals surface area (Å²) in [6.07, 6.45) is 0.589. The van der Waals surface area contributed by atoms with Crippen LogP contribution >= 0.6 is 0 Å². The van der Waals surface area contributed by atoms with E-state index in [1.165, 1.54) is 0 Å². The number of halogens is 1. The molecule has 0 aliphatic rings. The van der Waals surface area contributed by atoms with Crippen LogP contribution in [-0.4, -0.2) is 21.1 Å². The molecule has 0 saturated heterocycles. The van der Waals surface area contributed by atoms with Crippen LogP contribution < -0.4 is 32.7 Å². The number of aliphatic hydroxyl groups excluding tert-OH is 1. The van der Waals surface area contributed by atoms with Crippen LogP contribution in [0.1, 0.15) is 47.9 Å². The zero-order valence-electron chi connectivity index (χ0n) is 11.3. The second-order valence-electron chi connectivity index (χ2n) is 4.33. The van der Waals surface area contributed by atoms with E-state index < -0.39 is 33.3 Å². The van der Waals surface area contributed by atoms with Crippen LogP contribution in [0.5, 0.6) is 0 Å². The minimum absolute atomic E-state index is 0.102. The van der Waals surface area contributed by atoms with Gasteiger partial charge in [0.25, 0.3) is 0 Å². The SMILES string of the molecule is CCCc1c([I-]C)c(N)c(C(C)O)c(N)c1C(=O)O. The normalized spacial score (nSPS) is 12.6. The summed E-state index contributed by atoms with van der Waals surface area (Å²) in [5.41, 5.74) is 13.8. The Kier molecular flexibility index (Phi) is 5.42. The van der Waals surface area contributed by atoms with Crippen molar-refractivity contribution in [2.75, 3.05) is 16.4 Å². The second-order valence-corrected chi connectivity index (χ2v) is 6.49. The predicted octanol–water partition coefficient (Wildman–Crippen LogP) is -1.56. The molecule has 1 atom stereocenters. The Morgan fingerprint density at radius 1 is 1.37 bits per heavy atom. The van der Waals surface area contributed by atoms with E-state index in [1.54, 1.807) is 6.92 Å². The number of nitrogens with two attached hydrogens (primary N) is 2. The molecule has 6 heteroatoms. The number of carboxylic acids is 1. The number of carbonyl (C=O) groups is 1. The number of alkyl halides is 1. The third-order valence-corrected chi connectivity index (χ3v) is 5.28. The topological polar surface area (TPSA) is 110 Å². The molecule has 0 aliphatic heterocycles. The van der Waals surface area contributed by atoms with Crippen LogP contribution in [0, 0.1) is 3.57 Å². The van der Waals surface area contributed by atoms with Crippen molar-refractivity contribution in [1.82, 2.24) is 0 Å². The molecular weight excluding hydrogens is 359 g/mol. The van der Waals surface area contributed by atoms with Crippen molar-refractivity contribution >= 4 is 17.3 Å². The van der Waals surface area contributed by atoms with Crippen LogP contribution in [0.4, 0.5) is 11.4 Å². The average molecular weight is 379 g/mol. The van der Waals surface area contributed by atoms with Gasteiger partial charge < -0.3 is 0 Å². The first-order chi connectivity index (χ1) is 8.86. The molecule has 0 aliphatic carbocycles. The van der Waals surface area contributed by atoms with Crippen LogP contribution in [0.25, 0.3) is 0 Å². The summed E-state index contributed by atoms with van der Waals surface area (Å²) in [5.74, 6) is -1.05. The van der Waals surface area contributed by atoms with Crippen LogP contribution in [0.15, 0.2) is 0 Å². The standard InChI is InChI=1S/C13H20IN2O3/c1-4-5-7-9(13(18)19)11(15)8(6(2)17)12(16)10(7)14-3/h6,17H,4-5,15-16H2,1-3H3,(H,18,19)/q-1. The van der Waals surface area contributed by atoms with Crippen LogP contribution in [0.2, 0.25) is 0 Å². The Labute approximate surface area is 123 Å². The molecule has 108 valence electrons. The zero-order valence-corrected chi connectivity index (χ0v) is 13.5. The molecule has 0 saturated carbocycles. The van der Waals surface area contributed by atoms with Gasteiger partial charge in [-0.2, -0.15) is 0 Å². The molecule has 0 spiro atoms. The first-order valence-electron chi connectivity index (χ1n) is 6.01. The van der Waals surface area contributed by atoms with Gasteiger partial charge in [-0.3, -0.25) is 0 Å². The number of aliphatic hydroxyl groups is 1. The Hall–Kier alpha value is -1.02. The number of anilines is 2. The van der Waals surface area contributed by atoms with E-state index in [4.69, 9.17) is 11.5 Å². The van der Waals surface area contributed by atoms with E-state index in [2.05, 4.69) is 0 Å². The van der Waals surface area contributed by atoms with Crippen molar-refractivity contribution in [3.8, 4) is 0 Å². The van der Waals surface area contributed by atoms with E-state index in [9.17, 15) is 15.0 Å². The molecule has 1 rings (SSSR count). The van der Waals surface area contributed by atoms with Crippen molar-refractivity contribution in [2.45, 2.75) is 32.8 Å². The molecule has 0 fully saturated rings. The number of nitrogen functional groups attached to an aromatic ring is 2. The predicted molar refractivity (Wildman–Crippen MR) is 71.5 cm³/mol. The summed E-state index contributed by atoms with van der Waals surface area (Å²) < 4.78 is 0.892. The fourth-order valence-corrected chi connectivity index (χ4v) is 4.29. The molecular formula is C13H20IN2O3-. The molecule has 5 nitrogen and oxygen atoms in total. The van der Waals surface area contributed by atoms with Gasteiger partial charge >= 0.3 is 123 Å². The average Bonchev–Trinajstić information content (AvgIpc) is 2.28. The first kappa shape index (κ1) is 16.0. The van der Waals surface area contributed by atoms with Crippen molar-refractivity contribution < 1.29 is 36.2 Å². The van der Waals surface area contributed by atoms with Crippen molar-refractivity contribution in [3.63, 3.8) is 0 Å².